The quantitative estimate of drug-likeness (QED) is 0.488. The Morgan fingerprint density at radius 3 is 2.63 bits per heavy atom. The maximum atomic E-state index is 13.0. The number of amides is 3. The fraction of sp³-hybridized carbons (Fsp3) is 0.571. The van der Waals surface area contributed by atoms with E-state index in [4.69, 9.17) is 4.74 Å². The molecule has 3 rings (SSSR count). The number of carbonyl (C=O) groups excluding carboxylic acids is 3. The molecule has 30 heavy (non-hydrogen) atoms. The van der Waals surface area contributed by atoms with E-state index < -0.39 is 6.10 Å². The second-order valence-electron chi connectivity index (χ2n) is 7.73. The molecule has 1 aromatic rings. The van der Waals surface area contributed by atoms with Crippen LogP contribution >= 0.6 is 0 Å². The van der Waals surface area contributed by atoms with Crippen LogP contribution in [0.5, 0.6) is 5.75 Å². The van der Waals surface area contributed by atoms with Gasteiger partial charge in [0.1, 0.15) is 5.75 Å². The molecule has 1 atom stereocenters. The van der Waals surface area contributed by atoms with Crippen molar-refractivity contribution in [3.05, 3.63) is 24.3 Å². The lowest BCUT2D eigenvalue weighted by atomic mass is 10.1. The number of rotatable bonds is 7. The van der Waals surface area contributed by atoms with E-state index in [1.54, 1.807) is 7.05 Å². The van der Waals surface area contributed by atoms with Crippen molar-refractivity contribution >= 4 is 23.4 Å². The van der Waals surface area contributed by atoms with Gasteiger partial charge in [-0.3, -0.25) is 14.4 Å². The Labute approximate surface area is 177 Å². The molecule has 0 aliphatic carbocycles. The summed E-state index contributed by atoms with van der Waals surface area (Å²) in [5.74, 6) is 0.503. The number of nitrogens with zero attached hydrogens (tertiary/aromatic N) is 2. The zero-order valence-corrected chi connectivity index (χ0v) is 17.8. The Kier molecular flexibility index (Phi) is 7.51. The number of quaternary nitrogens is 1. The number of nitrogens with one attached hydrogen (secondary N) is 3. The summed E-state index contributed by atoms with van der Waals surface area (Å²) in [4.78, 5) is 41.9. The van der Waals surface area contributed by atoms with Gasteiger partial charge < -0.3 is 30.1 Å². The molecule has 1 fully saturated rings. The van der Waals surface area contributed by atoms with Crippen LogP contribution in [0.15, 0.2) is 24.3 Å². The maximum Gasteiger partial charge on any atom is 0.274 e. The number of hydrogen-bond donors (Lipinski definition) is 3. The first-order valence-electron chi connectivity index (χ1n) is 10.6. The Bertz CT molecular complexity index is 764. The van der Waals surface area contributed by atoms with Crippen LogP contribution < -0.4 is 25.2 Å². The van der Waals surface area contributed by atoms with Gasteiger partial charge in [-0.05, 0) is 18.6 Å². The van der Waals surface area contributed by atoms with Gasteiger partial charge in [0.05, 0.1) is 45.0 Å². The lowest BCUT2D eigenvalue weighted by Crippen LogP contribution is -3.15. The summed E-state index contributed by atoms with van der Waals surface area (Å²) >= 11 is 0. The van der Waals surface area contributed by atoms with Gasteiger partial charge in [0.25, 0.3) is 11.8 Å². The molecule has 1 saturated heterocycles. The monoisotopic (exact) mass is 418 g/mol. The van der Waals surface area contributed by atoms with E-state index in [0.717, 1.165) is 25.2 Å². The van der Waals surface area contributed by atoms with Crippen LogP contribution in [0, 0.1) is 0 Å². The second kappa shape index (κ2) is 10.3. The molecule has 2 aliphatic heterocycles. The van der Waals surface area contributed by atoms with E-state index in [1.165, 1.54) is 4.90 Å². The van der Waals surface area contributed by atoms with E-state index >= 15 is 0 Å². The lowest BCUT2D eigenvalue weighted by molar-refractivity contribution is -0.896. The predicted octanol–water partition coefficient (Wildman–Crippen LogP) is -1.75. The fourth-order valence-electron chi connectivity index (χ4n) is 3.78. The van der Waals surface area contributed by atoms with Crippen LogP contribution in [0.25, 0.3) is 0 Å². The van der Waals surface area contributed by atoms with E-state index in [9.17, 15) is 14.4 Å². The van der Waals surface area contributed by atoms with Gasteiger partial charge in [0, 0.05) is 13.6 Å². The molecule has 0 saturated carbocycles. The molecule has 2 aliphatic rings. The number of carbonyl (C=O) groups is 3. The molecular formula is C21H32N5O4+. The zero-order chi connectivity index (χ0) is 21.5. The molecule has 9 nitrogen and oxygen atoms in total. The Morgan fingerprint density at radius 1 is 1.20 bits per heavy atom. The zero-order valence-electron chi connectivity index (χ0n) is 17.8. The third kappa shape index (κ3) is 5.41. The summed E-state index contributed by atoms with van der Waals surface area (Å²) in [5, 5.41) is 5.52. The summed E-state index contributed by atoms with van der Waals surface area (Å²) < 4.78 is 5.89. The van der Waals surface area contributed by atoms with Gasteiger partial charge >= 0.3 is 0 Å². The molecule has 0 radical (unpaired) electrons. The fourth-order valence-corrected chi connectivity index (χ4v) is 3.78. The first-order valence-corrected chi connectivity index (χ1v) is 10.6. The van der Waals surface area contributed by atoms with Crippen molar-refractivity contribution in [3.8, 4) is 5.75 Å². The van der Waals surface area contributed by atoms with Crippen LogP contribution in [-0.2, 0) is 14.4 Å². The van der Waals surface area contributed by atoms with Gasteiger partial charge in [0.15, 0.2) is 12.6 Å². The molecule has 0 aromatic heterocycles. The Hall–Kier alpha value is -2.81. The molecule has 0 bridgehead atoms. The second-order valence-corrected chi connectivity index (χ2v) is 7.73. The van der Waals surface area contributed by atoms with Gasteiger partial charge in [-0.1, -0.05) is 19.1 Å². The number of hydrogen-bond acceptors (Lipinski definition) is 5. The standard InChI is InChI=1S/C21H31N5O4/c1-3-8-23-21(29)18-13-26(16-6-4-5-7-17(16)30-18)15-20(28)25-11-9-24(10-12-25)14-19(27)22-2/h4-7,18H,3,8-15H2,1-2H3,(H,22,27)(H,23,29)/p+1/t18-/m1/s1. The number of anilines is 1. The highest BCUT2D eigenvalue weighted by Gasteiger charge is 2.33. The average molecular weight is 419 g/mol. The van der Waals surface area contributed by atoms with Gasteiger partial charge in [-0.15, -0.1) is 0 Å². The van der Waals surface area contributed by atoms with E-state index in [-0.39, 0.29) is 24.3 Å². The molecule has 3 amide bonds. The molecular weight excluding hydrogens is 386 g/mol. The number of benzene rings is 1. The number of piperazine rings is 1. The molecule has 0 spiro atoms. The first-order chi connectivity index (χ1) is 14.5. The smallest absolute Gasteiger partial charge is 0.274 e. The predicted molar refractivity (Wildman–Crippen MR) is 113 cm³/mol. The minimum atomic E-state index is -0.645. The lowest BCUT2D eigenvalue weighted by Gasteiger charge is -2.37. The summed E-state index contributed by atoms with van der Waals surface area (Å²) in [6.45, 7) is 6.31. The van der Waals surface area contributed by atoms with Crippen LogP contribution in [-0.4, -0.2) is 88.1 Å². The van der Waals surface area contributed by atoms with Crippen molar-refractivity contribution in [1.29, 1.82) is 0 Å². The van der Waals surface area contributed by atoms with Gasteiger partial charge in [0.2, 0.25) is 5.91 Å². The Morgan fingerprint density at radius 2 is 1.93 bits per heavy atom. The van der Waals surface area contributed by atoms with Crippen molar-refractivity contribution in [3.63, 3.8) is 0 Å². The van der Waals surface area contributed by atoms with Gasteiger partial charge in [-0.25, -0.2) is 0 Å². The van der Waals surface area contributed by atoms with Crippen molar-refractivity contribution < 1.29 is 24.0 Å². The highest BCUT2D eigenvalue weighted by atomic mass is 16.5. The molecule has 9 heteroatoms. The number of para-hydroxylation sites is 2. The third-order valence-electron chi connectivity index (χ3n) is 5.54. The topological polar surface area (TPSA) is 95.4 Å². The van der Waals surface area contributed by atoms with Crippen LogP contribution in [0.2, 0.25) is 0 Å². The minimum absolute atomic E-state index is 0.0158. The SMILES string of the molecule is CCCNC(=O)[C@H]1CN(CC(=O)N2CC[NH+](CC(=O)NC)CC2)c2ccccc2O1. The average Bonchev–Trinajstić information content (AvgIpc) is 2.77. The van der Waals surface area contributed by atoms with E-state index in [2.05, 4.69) is 10.6 Å². The minimum Gasteiger partial charge on any atom is -0.477 e. The highest BCUT2D eigenvalue weighted by Crippen LogP contribution is 2.33. The maximum absolute atomic E-state index is 13.0. The summed E-state index contributed by atoms with van der Waals surface area (Å²) in [7, 11) is 1.64. The van der Waals surface area contributed by atoms with Crippen molar-refractivity contribution in [2.24, 2.45) is 0 Å². The molecule has 2 heterocycles. The van der Waals surface area contributed by atoms with Crippen LogP contribution in [0.4, 0.5) is 5.69 Å². The first kappa shape index (κ1) is 21.9. The van der Waals surface area contributed by atoms with Crippen LogP contribution in [0.1, 0.15) is 13.3 Å². The highest BCUT2D eigenvalue weighted by molar-refractivity contribution is 5.86. The number of likely N-dealkylation sites (N-methyl/N-ethyl adjacent to an activating group) is 1. The summed E-state index contributed by atoms with van der Waals surface area (Å²) in [6.07, 6.45) is 0.207. The normalized spacial score (nSPS) is 18.9. The third-order valence-corrected chi connectivity index (χ3v) is 5.54. The van der Waals surface area contributed by atoms with E-state index in [0.29, 0.717) is 38.5 Å². The van der Waals surface area contributed by atoms with Crippen molar-refractivity contribution in [1.82, 2.24) is 15.5 Å². The number of fused-ring (bicyclic) bond motifs is 1. The van der Waals surface area contributed by atoms with Crippen molar-refractivity contribution in [2.45, 2.75) is 19.4 Å². The summed E-state index contributed by atoms with van der Waals surface area (Å²) in [6, 6.07) is 7.50. The van der Waals surface area contributed by atoms with Gasteiger partial charge in [-0.2, -0.15) is 0 Å². The number of ether oxygens (including phenoxy) is 1. The van der Waals surface area contributed by atoms with Crippen molar-refractivity contribution in [2.75, 3.05) is 64.3 Å². The Balaban J connectivity index is 1.61. The molecule has 0 unspecified atom stereocenters. The molecule has 164 valence electrons. The summed E-state index contributed by atoms with van der Waals surface area (Å²) in [5.41, 5.74) is 0.828. The molecule has 3 N–H and O–H groups in total. The molecule has 1 aromatic carbocycles. The van der Waals surface area contributed by atoms with Crippen LogP contribution in [0.3, 0.4) is 0 Å². The largest absolute Gasteiger partial charge is 0.477 e. The van der Waals surface area contributed by atoms with E-state index in [1.807, 2.05) is 41.0 Å².